The highest BCUT2D eigenvalue weighted by atomic mass is 35.6. The number of anilines is 2. The number of hydrogen-bond donors (Lipinski definition) is 2. The molecule has 0 aromatic heterocycles. The highest BCUT2D eigenvalue weighted by Gasteiger charge is 2.31. The summed E-state index contributed by atoms with van der Waals surface area (Å²) in [7, 11) is 1.23. The molecule has 0 heterocycles. The van der Waals surface area contributed by atoms with E-state index in [1.54, 1.807) is 25.1 Å². The highest BCUT2D eigenvalue weighted by Crippen LogP contribution is 2.31. The quantitative estimate of drug-likeness (QED) is 0.818. The summed E-state index contributed by atoms with van der Waals surface area (Å²) in [6, 6.07) is 4.99. The van der Waals surface area contributed by atoms with Crippen LogP contribution in [0.15, 0.2) is 18.2 Å². The number of amides is 2. The number of benzene rings is 1. The molecule has 0 atom stereocenters. The molecule has 0 aliphatic rings. The maximum absolute atomic E-state index is 11.6. The van der Waals surface area contributed by atoms with Gasteiger partial charge >= 0.3 is 6.09 Å². The summed E-state index contributed by atoms with van der Waals surface area (Å²) in [6.45, 7) is 1.75. The zero-order valence-electron chi connectivity index (χ0n) is 10.1. The number of alkyl halides is 3. The van der Waals surface area contributed by atoms with E-state index in [-0.39, 0.29) is 0 Å². The van der Waals surface area contributed by atoms with E-state index in [4.69, 9.17) is 34.8 Å². The summed E-state index contributed by atoms with van der Waals surface area (Å²) in [6.07, 6.45) is -0.668. The minimum absolute atomic E-state index is 0.307. The zero-order valence-corrected chi connectivity index (χ0v) is 12.4. The Labute approximate surface area is 125 Å². The number of rotatable bonds is 2. The fourth-order valence-corrected chi connectivity index (χ4v) is 1.43. The van der Waals surface area contributed by atoms with Gasteiger partial charge < -0.3 is 10.1 Å². The maximum Gasteiger partial charge on any atom is 0.411 e. The lowest BCUT2D eigenvalue weighted by Gasteiger charge is -2.16. The predicted octanol–water partition coefficient (Wildman–Crippen LogP) is 3.48. The van der Waals surface area contributed by atoms with Gasteiger partial charge in [-0.2, -0.15) is 0 Å². The lowest BCUT2D eigenvalue weighted by Crippen LogP contribution is -2.27. The number of nitrogens with one attached hydrogen (secondary N) is 2. The molecule has 8 heteroatoms. The van der Waals surface area contributed by atoms with Crippen molar-refractivity contribution in [1.29, 1.82) is 0 Å². The molecule has 0 saturated heterocycles. The summed E-state index contributed by atoms with van der Waals surface area (Å²) in [5.41, 5.74) is 1.39. The molecule has 1 aromatic carbocycles. The summed E-state index contributed by atoms with van der Waals surface area (Å²) >= 11 is 16.4. The minimum atomic E-state index is -2.09. The number of aryl methyl sites for hydroxylation is 1. The van der Waals surface area contributed by atoms with Crippen molar-refractivity contribution >= 4 is 58.2 Å². The van der Waals surface area contributed by atoms with Crippen LogP contribution in [-0.2, 0) is 9.53 Å². The molecule has 104 valence electrons. The van der Waals surface area contributed by atoms with E-state index in [1.165, 1.54) is 7.11 Å². The Bertz CT molecular complexity index is 500. The van der Waals surface area contributed by atoms with Gasteiger partial charge in [-0.1, -0.05) is 46.9 Å². The van der Waals surface area contributed by atoms with Crippen molar-refractivity contribution in [3.8, 4) is 0 Å². The van der Waals surface area contributed by atoms with Crippen LogP contribution in [0.4, 0.5) is 16.2 Å². The van der Waals surface area contributed by atoms with Crippen LogP contribution < -0.4 is 10.6 Å². The van der Waals surface area contributed by atoms with E-state index in [9.17, 15) is 9.59 Å². The molecule has 0 aliphatic carbocycles. The van der Waals surface area contributed by atoms with Gasteiger partial charge in [0.15, 0.2) is 0 Å². The molecule has 0 aliphatic heterocycles. The van der Waals surface area contributed by atoms with E-state index in [2.05, 4.69) is 15.4 Å². The highest BCUT2D eigenvalue weighted by molar-refractivity contribution is 6.76. The molecule has 1 aromatic rings. The number of halogens is 3. The van der Waals surface area contributed by atoms with Gasteiger partial charge in [-0.05, 0) is 18.6 Å². The Balaban J connectivity index is 3.04. The van der Waals surface area contributed by atoms with Gasteiger partial charge in [-0.3, -0.25) is 10.1 Å². The summed E-state index contributed by atoms with van der Waals surface area (Å²) in [4.78, 5) is 22.8. The van der Waals surface area contributed by atoms with E-state index < -0.39 is 15.8 Å². The SMILES string of the molecule is COC(=O)Nc1c(C)cccc1NC(=O)C(Cl)(Cl)Cl. The third kappa shape index (κ3) is 4.45. The average Bonchev–Trinajstić information content (AvgIpc) is 2.32. The molecule has 0 saturated carbocycles. The number of methoxy groups -OCH3 is 1. The lowest BCUT2D eigenvalue weighted by atomic mass is 10.1. The topological polar surface area (TPSA) is 67.4 Å². The second kappa shape index (κ2) is 6.32. The van der Waals surface area contributed by atoms with Crippen LogP contribution in [0.3, 0.4) is 0 Å². The molecular formula is C11H11Cl3N2O3. The van der Waals surface area contributed by atoms with Gasteiger partial charge in [0.25, 0.3) is 9.70 Å². The molecule has 0 bridgehead atoms. The molecule has 1 rings (SSSR count). The van der Waals surface area contributed by atoms with Crippen molar-refractivity contribution in [3.05, 3.63) is 23.8 Å². The van der Waals surface area contributed by atoms with Gasteiger partial charge in [-0.25, -0.2) is 4.79 Å². The molecule has 5 nitrogen and oxygen atoms in total. The molecule has 2 N–H and O–H groups in total. The summed E-state index contributed by atoms with van der Waals surface area (Å²) in [5, 5.41) is 4.90. The standard InChI is InChI=1S/C11H11Cl3N2O3/c1-6-4-3-5-7(8(6)16-10(18)19-2)15-9(17)11(12,13)14/h3-5H,1-2H3,(H,15,17)(H,16,18). The normalized spacial score (nSPS) is 10.8. The van der Waals surface area contributed by atoms with Crippen LogP contribution in [0, 0.1) is 6.92 Å². The largest absolute Gasteiger partial charge is 0.453 e. The molecule has 0 fully saturated rings. The smallest absolute Gasteiger partial charge is 0.411 e. The van der Waals surface area contributed by atoms with Crippen LogP contribution in [0.25, 0.3) is 0 Å². The number of ether oxygens (including phenoxy) is 1. The van der Waals surface area contributed by atoms with Gasteiger partial charge in [0, 0.05) is 0 Å². The molecular weight excluding hydrogens is 314 g/mol. The van der Waals surface area contributed by atoms with E-state index in [0.29, 0.717) is 16.9 Å². The third-order valence-corrected chi connectivity index (χ3v) is 2.71. The Morgan fingerprint density at radius 3 is 2.37 bits per heavy atom. The first-order chi connectivity index (χ1) is 8.75. The number of hydrogen-bond acceptors (Lipinski definition) is 3. The first kappa shape index (κ1) is 15.9. The Hall–Kier alpha value is -1.17. The summed E-state index contributed by atoms with van der Waals surface area (Å²) < 4.78 is 2.40. The Morgan fingerprint density at radius 2 is 1.84 bits per heavy atom. The van der Waals surface area contributed by atoms with Crippen molar-refractivity contribution in [1.82, 2.24) is 0 Å². The average molecular weight is 326 g/mol. The minimum Gasteiger partial charge on any atom is -0.453 e. The van der Waals surface area contributed by atoms with Gasteiger partial charge in [-0.15, -0.1) is 0 Å². The Kier molecular flexibility index (Phi) is 5.29. The number of carbonyl (C=O) groups excluding carboxylic acids is 2. The first-order valence-corrected chi connectivity index (χ1v) is 6.22. The predicted molar refractivity (Wildman–Crippen MR) is 76.1 cm³/mol. The molecule has 0 radical (unpaired) electrons. The zero-order chi connectivity index (χ0) is 14.6. The fraction of sp³-hybridized carbons (Fsp3) is 0.273. The van der Waals surface area contributed by atoms with Crippen LogP contribution in [0.1, 0.15) is 5.56 Å². The fourth-order valence-electron chi connectivity index (χ4n) is 1.28. The third-order valence-electron chi connectivity index (χ3n) is 2.19. The second-order valence-corrected chi connectivity index (χ2v) is 5.85. The van der Waals surface area contributed by atoms with Crippen LogP contribution in [0.2, 0.25) is 0 Å². The lowest BCUT2D eigenvalue weighted by molar-refractivity contribution is -0.115. The second-order valence-electron chi connectivity index (χ2n) is 3.57. The molecule has 2 amide bonds. The summed E-state index contributed by atoms with van der Waals surface area (Å²) in [5.74, 6) is -0.823. The van der Waals surface area contributed by atoms with Gasteiger partial charge in [0.05, 0.1) is 18.5 Å². The molecule has 0 unspecified atom stereocenters. The van der Waals surface area contributed by atoms with Crippen LogP contribution >= 0.6 is 34.8 Å². The maximum atomic E-state index is 11.6. The van der Waals surface area contributed by atoms with E-state index in [0.717, 1.165) is 0 Å². The van der Waals surface area contributed by atoms with Crippen molar-refractivity contribution in [2.75, 3.05) is 17.7 Å². The number of para-hydroxylation sites is 1. The van der Waals surface area contributed by atoms with E-state index in [1.807, 2.05) is 0 Å². The van der Waals surface area contributed by atoms with Crippen LogP contribution in [-0.4, -0.2) is 22.9 Å². The van der Waals surface area contributed by atoms with Gasteiger partial charge in [0.1, 0.15) is 0 Å². The van der Waals surface area contributed by atoms with Crippen molar-refractivity contribution in [2.45, 2.75) is 10.7 Å². The first-order valence-electron chi connectivity index (χ1n) is 5.08. The van der Waals surface area contributed by atoms with E-state index >= 15 is 0 Å². The Morgan fingerprint density at radius 1 is 1.21 bits per heavy atom. The van der Waals surface area contributed by atoms with Gasteiger partial charge in [0.2, 0.25) is 0 Å². The molecule has 19 heavy (non-hydrogen) atoms. The molecule has 0 spiro atoms. The van der Waals surface area contributed by atoms with Crippen LogP contribution in [0.5, 0.6) is 0 Å². The van der Waals surface area contributed by atoms with Crippen molar-refractivity contribution < 1.29 is 14.3 Å². The monoisotopic (exact) mass is 324 g/mol. The van der Waals surface area contributed by atoms with Crippen molar-refractivity contribution in [2.24, 2.45) is 0 Å². The van der Waals surface area contributed by atoms with Crippen molar-refractivity contribution in [3.63, 3.8) is 0 Å². The number of carbonyl (C=O) groups is 2.